The van der Waals surface area contributed by atoms with E-state index >= 15 is 0 Å². The number of alkyl halides is 3. The Kier molecular flexibility index (Phi) is 7.89. The first-order valence-electron chi connectivity index (χ1n) is 10.7. The number of carbonyl (C=O) groups excluding carboxylic acids is 1. The van der Waals surface area contributed by atoms with E-state index in [-0.39, 0.29) is 30.0 Å². The van der Waals surface area contributed by atoms with Crippen LogP contribution < -0.4 is 15.4 Å². The molecule has 0 radical (unpaired) electrons. The summed E-state index contributed by atoms with van der Waals surface area (Å²) in [4.78, 5) is 13.2. The van der Waals surface area contributed by atoms with Gasteiger partial charge in [0.1, 0.15) is 5.75 Å². The van der Waals surface area contributed by atoms with Crippen molar-refractivity contribution in [2.45, 2.75) is 39.0 Å². The molecule has 1 aliphatic rings. The largest absolute Gasteiger partial charge is 0.573 e. The van der Waals surface area contributed by atoms with Crippen molar-refractivity contribution in [2.75, 3.05) is 18.4 Å². The summed E-state index contributed by atoms with van der Waals surface area (Å²) in [6, 6.07) is 11.2. The first-order chi connectivity index (χ1) is 15.7. The van der Waals surface area contributed by atoms with Crippen molar-refractivity contribution in [1.82, 2.24) is 15.1 Å². The zero-order valence-electron chi connectivity index (χ0n) is 18.8. The minimum atomic E-state index is -4.77. The average molecular weight is 495 g/mol. The van der Waals surface area contributed by atoms with Crippen molar-refractivity contribution in [1.29, 1.82) is 0 Å². The van der Waals surface area contributed by atoms with Crippen LogP contribution in [0.25, 0.3) is 5.69 Å². The number of nitrogens with zero attached hydrogens (tertiary/aromatic N) is 2. The van der Waals surface area contributed by atoms with Crippen molar-refractivity contribution < 1.29 is 22.7 Å². The maximum atomic E-state index is 13.2. The van der Waals surface area contributed by atoms with Gasteiger partial charge >= 0.3 is 6.36 Å². The number of aromatic nitrogens is 2. The molecule has 1 aliphatic heterocycles. The Morgan fingerprint density at radius 3 is 2.41 bits per heavy atom. The van der Waals surface area contributed by atoms with Crippen LogP contribution in [0.3, 0.4) is 0 Å². The van der Waals surface area contributed by atoms with Crippen molar-refractivity contribution in [3.05, 3.63) is 71.0 Å². The number of amides is 1. The Morgan fingerprint density at radius 2 is 1.79 bits per heavy atom. The summed E-state index contributed by atoms with van der Waals surface area (Å²) in [5.74, 6) is -0.555. The zero-order chi connectivity index (χ0) is 23.6. The van der Waals surface area contributed by atoms with Gasteiger partial charge in [-0.15, -0.1) is 25.6 Å². The molecule has 182 valence electrons. The molecule has 0 spiro atoms. The molecule has 3 aromatic rings. The second kappa shape index (κ2) is 10.5. The van der Waals surface area contributed by atoms with Crippen LogP contribution in [-0.2, 0) is 0 Å². The molecule has 1 fully saturated rings. The summed E-state index contributed by atoms with van der Waals surface area (Å²) in [7, 11) is 0. The van der Waals surface area contributed by atoms with Crippen molar-refractivity contribution in [3.8, 4) is 11.4 Å². The number of rotatable bonds is 5. The van der Waals surface area contributed by atoms with Crippen LogP contribution in [0.15, 0.2) is 48.7 Å². The third-order valence-corrected chi connectivity index (χ3v) is 5.70. The Labute approximate surface area is 201 Å². The van der Waals surface area contributed by atoms with Crippen LogP contribution in [-0.4, -0.2) is 35.1 Å². The Balaban J connectivity index is 0.00000324. The molecule has 0 unspecified atom stereocenters. The van der Waals surface area contributed by atoms with Gasteiger partial charge in [-0.3, -0.25) is 4.79 Å². The van der Waals surface area contributed by atoms with E-state index in [4.69, 9.17) is 0 Å². The summed E-state index contributed by atoms with van der Waals surface area (Å²) in [5, 5.41) is 10.7. The standard InChI is InChI=1S/C24H25F3N4O2.ClH/c1-15-3-8-21(16(2)13-15)31-22(17-9-11-28-12-10-17)20(14-29-31)23(32)30-18-4-6-19(7-5-18)33-24(25,26)27;/h3-8,13-14,17,28H,9-12H2,1-2H3,(H,30,32);1H. The second-order valence-corrected chi connectivity index (χ2v) is 8.20. The smallest absolute Gasteiger partial charge is 0.406 e. The van der Waals surface area contributed by atoms with Gasteiger partial charge in [0.05, 0.1) is 23.1 Å². The number of piperidine rings is 1. The molecule has 1 saturated heterocycles. The SMILES string of the molecule is Cc1ccc(-n2ncc(C(=O)Nc3ccc(OC(F)(F)F)cc3)c2C2CCNCC2)c(C)c1.Cl. The number of hydrogen-bond acceptors (Lipinski definition) is 4. The van der Waals surface area contributed by atoms with Crippen LogP contribution in [0.5, 0.6) is 5.75 Å². The average Bonchev–Trinajstić information content (AvgIpc) is 3.20. The Morgan fingerprint density at radius 1 is 1.12 bits per heavy atom. The molecule has 6 nitrogen and oxygen atoms in total. The molecule has 2 heterocycles. The van der Waals surface area contributed by atoms with E-state index in [9.17, 15) is 18.0 Å². The molecule has 2 aromatic carbocycles. The number of aryl methyl sites for hydroxylation is 2. The van der Waals surface area contributed by atoms with Crippen molar-refractivity contribution in [3.63, 3.8) is 0 Å². The lowest BCUT2D eigenvalue weighted by Crippen LogP contribution is -2.29. The topological polar surface area (TPSA) is 68.2 Å². The van der Waals surface area contributed by atoms with Crippen LogP contribution in [0.1, 0.15) is 45.9 Å². The van der Waals surface area contributed by atoms with E-state index in [1.807, 2.05) is 30.7 Å². The van der Waals surface area contributed by atoms with E-state index in [1.165, 1.54) is 12.1 Å². The Bertz CT molecular complexity index is 1140. The first kappa shape index (κ1) is 25.6. The highest BCUT2D eigenvalue weighted by atomic mass is 35.5. The summed E-state index contributed by atoms with van der Waals surface area (Å²) in [5.41, 5.74) is 4.78. The lowest BCUT2D eigenvalue weighted by molar-refractivity contribution is -0.274. The molecule has 4 rings (SSSR count). The van der Waals surface area contributed by atoms with Crippen LogP contribution >= 0.6 is 12.4 Å². The van der Waals surface area contributed by atoms with Crippen LogP contribution in [0.4, 0.5) is 18.9 Å². The lowest BCUT2D eigenvalue weighted by atomic mass is 9.91. The fourth-order valence-electron chi connectivity index (χ4n) is 4.19. The van der Waals surface area contributed by atoms with Gasteiger partial charge in [-0.25, -0.2) is 4.68 Å². The Hall–Kier alpha value is -3.04. The summed E-state index contributed by atoms with van der Waals surface area (Å²) < 4.78 is 42.9. The number of nitrogens with one attached hydrogen (secondary N) is 2. The molecule has 1 amide bonds. The maximum absolute atomic E-state index is 13.2. The predicted octanol–water partition coefficient (Wildman–Crippen LogP) is 5.53. The summed E-state index contributed by atoms with van der Waals surface area (Å²) >= 11 is 0. The van der Waals surface area contributed by atoms with Gasteiger partial charge in [0, 0.05) is 11.6 Å². The maximum Gasteiger partial charge on any atom is 0.573 e. The van der Waals surface area contributed by atoms with Gasteiger partial charge in [0.2, 0.25) is 0 Å². The highest BCUT2D eigenvalue weighted by molar-refractivity contribution is 6.05. The number of anilines is 1. The molecule has 1 aromatic heterocycles. The van der Waals surface area contributed by atoms with E-state index in [0.29, 0.717) is 11.3 Å². The van der Waals surface area contributed by atoms with Crippen LogP contribution in [0, 0.1) is 13.8 Å². The molecule has 0 atom stereocenters. The van der Waals surface area contributed by atoms with Gasteiger partial charge < -0.3 is 15.4 Å². The van der Waals surface area contributed by atoms with E-state index in [0.717, 1.165) is 60.6 Å². The van der Waals surface area contributed by atoms with Gasteiger partial charge in [-0.2, -0.15) is 5.10 Å². The van der Waals surface area contributed by atoms with Gasteiger partial charge in [0.25, 0.3) is 5.91 Å². The number of carbonyl (C=O) groups is 1. The molecular formula is C24H26ClF3N4O2. The number of halogens is 4. The molecule has 2 N–H and O–H groups in total. The summed E-state index contributed by atoms with van der Waals surface area (Å²) in [6.45, 7) is 5.74. The normalized spacial score (nSPS) is 14.4. The van der Waals surface area contributed by atoms with E-state index < -0.39 is 6.36 Å². The number of ether oxygens (including phenoxy) is 1. The molecule has 0 saturated carbocycles. The highest BCUT2D eigenvalue weighted by Crippen LogP contribution is 2.32. The number of benzene rings is 2. The monoisotopic (exact) mass is 494 g/mol. The van der Waals surface area contributed by atoms with E-state index in [1.54, 1.807) is 6.20 Å². The fourth-order valence-corrected chi connectivity index (χ4v) is 4.19. The van der Waals surface area contributed by atoms with Crippen LogP contribution in [0.2, 0.25) is 0 Å². The minimum Gasteiger partial charge on any atom is -0.406 e. The quantitative estimate of drug-likeness (QED) is 0.489. The minimum absolute atomic E-state index is 0. The summed E-state index contributed by atoms with van der Waals surface area (Å²) in [6.07, 6.45) is -1.45. The predicted molar refractivity (Wildman–Crippen MR) is 126 cm³/mol. The van der Waals surface area contributed by atoms with Gasteiger partial charge in [-0.05, 0) is 75.7 Å². The van der Waals surface area contributed by atoms with Crippen molar-refractivity contribution >= 4 is 24.0 Å². The molecule has 10 heteroatoms. The molecule has 0 bridgehead atoms. The third-order valence-electron chi connectivity index (χ3n) is 5.70. The highest BCUT2D eigenvalue weighted by Gasteiger charge is 2.31. The van der Waals surface area contributed by atoms with Crippen molar-refractivity contribution in [2.24, 2.45) is 0 Å². The molecule has 34 heavy (non-hydrogen) atoms. The fraction of sp³-hybridized carbons (Fsp3) is 0.333. The zero-order valence-corrected chi connectivity index (χ0v) is 19.6. The first-order valence-corrected chi connectivity index (χ1v) is 10.7. The number of hydrogen-bond donors (Lipinski definition) is 2. The molecule has 0 aliphatic carbocycles. The lowest BCUT2D eigenvalue weighted by Gasteiger charge is -2.25. The van der Waals surface area contributed by atoms with Gasteiger partial charge in [0.15, 0.2) is 0 Å². The van der Waals surface area contributed by atoms with E-state index in [2.05, 4.69) is 26.5 Å². The third kappa shape index (κ3) is 5.90. The second-order valence-electron chi connectivity index (χ2n) is 8.20. The van der Waals surface area contributed by atoms with Gasteiger partial charge in [-0.1, -0.05) is 17.7 Å². The molecular weight excluding hydrogens is 469 g/mol.